The smallest absolute Gasteiger partial charge is 0.328 e. The van der Waals surface area contributed by atoms with Crippen LogP contribution in [0, 0.1) is 5.92 Å². The summed E-state index contributed by atoms with van der Waals surface area (Å²) in [7, 11) is 0. The third-order valence-corrected chi connectivity index (χ3v) is 1.51. The van der Waals surface area contributed by atoms with Crippen LogP contribution >= 0.6 is 0 Å². The van der Waals surface area contributed by atoms with Crippen LogP contribution in [0.5, 0.6) is 0 Å². The molecular formula is C10H16N2O4. The first-order valence-electron chi connectivity index (χ1n) is 4.87. The quantitative estimate of drug-likeness (QED) is 0.535. The number of carboxylic acid groups (broad SMARTS) is 1. The average Bonchev–Trinajstić information content (AvgIpc) is 2.20. The van der Waals surface area contributed by atoms with Gasteiger partial charge in [-0.3, -0.25) is 9.59 Å². The summed E-state index contributed by atoms with van der Waals surface area (Å²) in [6, 6.07) is 0. The zero-order valence-corrected chi connectivity index (χ0v) is 9.32. The minimum atomic E-state index is -1.21. The van der Waals surface area contributed by atoms with Crippen molar-refractivity contribution >= 4 is 17.8 Å². The molecule has 3 N–H and O–H groups in total. The highest BCUT2D eigenvalue weighted by Gasteiger charge is 2.03. The Hall–Kier alpha value is -1.85. The van der Waals surface area contributed by atoms with Crippen molar-refractivity contribution in [1.29, 1.82) is 0 Å². The van der Waals surface area contributed by atoms with E-state index < -0.39 is 11.9 Å². The van der Waals surface area contributed by atoms with Crippen LogP contribution in [0.15, 0.2) is 12.2 Å². The second-order valence-electron chi connectivity index (χ2n) is 3.59. The molecular weight excluding hydrogens is 212 g/mol. The summed E-state index contributed by atoms with van der Waals surface area (Å²) >= 11 is 0. The molecule has 0 radical (unpaired) electrons. The van der Waals surface area contributed by atoms with Gasteiger partial charge in [-0.15, -0.1) is 0 Å². The normalized spacial score (nSPS) is 10.4. The standard InChI is InChI=1S/C10H16N2O4/c1-7(2)5-11-9(14)6-12-8(13)3-4-10(15)16/h3-4,7H,5-6H2,1-2H3,(H,11,14)(H,12,13)(H,15,16)/b4-3+. The number of hydrogen-bond acceptors (Lipinski definition) is 3. The van der Waals surface area contributed by atoms with Gasteiger partial charge in [0, 0.05) is 18.7 Å². The second kappa shape index (κ2) is 7.44. The number of carbonyl (C=O) groups excluding carboxylic acids is 2. The van der Waals surface area contributed by atoms with Gasteiger partial charge in [0.2, 0.25) is 11.8 Å². The van der Waals surface area contributed by atoms with Gasteiger partial charge in [-0.05, 0) is 5.92 Å². The van der Waals surface area contributed by atoms with Crippen molar-refractivity contribution in [3.63, 3.8) is 0 Å². The summed E-state index contributed by atoms with van der Waals surface area (Å²) in [6.45, 7) is 4.29. The number of amides is 2. The number of hydrogen-bond donors (Lipinski definition) is 3. The van der Waals surface area contributed by atoms with E-state index in [2.05, 4.69) is 10.6 Å². The molecule has 0 aliphatic heterocycles. The average molecular weight is 228 g/mol. The van der Waals surface area contributed by atoms with Crippen LogP contribution in [-0.2, 0) is 14.4 Å². The van der Waals surface area contributed by atoms with Crippen molar-refractivity contribution in [3.05, 3.63) is 12.2 Å². The van der Waals surface area contributed by atoms with E-state index in [0.717, 1.165) is 6.08 Å². The highest BCUT2D eigenvalue weighted by molar-refractivity contribution is 5.95. The maximum Gasteiger partial charge on any atom is 0.328 e. The largest absolute Gasteiger partial charge is 0.478 e. The summed E-state index contributed by atoms with van der Waals surface area (Å²) in [5, 5.41) is 13.1. The fraction of sp³-hybridized carbons (Fsp3) is 0.500. The molecule has 0 aliphatic carbocycles. The van der Waals surface area contributed by atoms with E-state index in [1.54, 1.807) is 0 Å². The number of carboxylic acids is 1. The summed E-state index contributed by atoms with van der Waals surface area (Å²) in [6.07, 6.45) is 1.57. The first-order chi connectivity index (χ1) is 7.41. The van der Waals surface area contributed by atoms with Crippen LogP contribution in [0.25, 0.3) is 0 Å². The number of rotatable bonds is 6. The second-order valence-corrected chi connectivity index (χ2v) is 3.59. The van der Waals surface area contributed by atoms with E-state index >= 15 is 0 Å². The molecule has 0 aromatic rings. The van der Waals surface area contributed by atoms with Crippen LogP contribution in [0.3, 0.4) is 0 Å². The molecule has 0 bridgehead atoms. The summed E-state index contributed by atoms with van der Waals surface area (Å²) in [4.78, 5) is 32.1. The topological polar surface area (TPSA) is 95.5 Å². The Labute approximate surface area is 93.7 Å². The Balaban J connectivity index is 3.75. The molecule has 0 unspecified atom stereocenters. The lowest BCUT2D eigenvalue weighted by molar-refractivity contribution is -0.131. The highest BCUT2D eigenvalue weighted by atomic mass is 16.4. The van der Waals surface area contributed by atoms with Gasteiger partial charge in [0.1, 0.15) is 0 Å². The molecule has 0 aromatic heterocycles. The molecule has 0 spiro atoms. The van der Waals surface area contributed by atoms with Crippen LogP contribution in [0.1, 0.15) is 13.8 Å². The summed E-state index contributed by atoms with van der Waals surface area (Å²) in [5.41, 5.74) is 0. The molecule has 6 heteroatoms. The molecule has 0 fully saturated rings. The molecule has 2 amide bonds. The number of nitrogens with one attached hydrogen (secondary N) is 2. The van der Waals surface area contributed by atoms with E-state index in [0.29, 0.717) is 18.5 Å². The summed E-state index contributed by atoms with van der Waals surface area (Å²) < 4.78 is 0. The third kappa shape index (κ3) is 8.74. The van der Waals surface area contributed by atoms with Gasteiger partial charge in [-0.25, -0.2) is 4.79 Å². The van der Waals surface area contributed by atoms with Gasteiger partial charge >= 0.3 is 5.97 Å². The van der Waals surface area contributed by atoms with Crippen LogP contribution < -0.4 is 10.6 Å². The van der Waals surface area contributed by atoms with E-state index in [-0.39, 0.29) is 12.5 Å². The first kappa shape index (κ1) is 14.2. The van der Waals surface area contributed by atoms with E-state index in [9.17, 15) is 14.4 Å². The SMILES string of the molecule is CC(C)CNC(=O)CNC(=O)/C=C/C(=O)O. The molecule has 90 valence electrons. The lowest BCUT2D eigenvalue weighted by Crippen LogP contribution is -2.37. The minimum Gasteiger partial charge on any atom is -0.478 e. The number of carbonyl (C=O) groups is 3. The Morgan fingerprint density at radius 1 is 1.19 bits per heavy atom. The van der Waals surface area contributed by atoms with Crippen molar-refractivity contribution in [2.45, 2.75) is 13.8 Å². The Bertz CT molecular complexity index is 297. The van der Waals surface area contributed by atoms with E-state index in [4.69, 9.17) is 5.11 Å². The zero-order chi connectivity index (χ0) is 12.6. The van der Waals surface area contributed by atoms with Gasteiger partial charge in [0.25, 0.3) is 0 Å². The minimum absolute atomic E-state index is 0.157. The lowest BCUT2D eigenvalue weighted by Gasteiger charge is -2.07. The van der Waals surface area contributed by atoms with Crippen LogP contribution in [-0.4, -0.2) is 36.0 Å². The summed E-state index contributed by atoms with van der Waals surface area (Å²) in [5.74, 6) is -1.78. The van der Waals surface area contributed by atoms with Crippen molar-refractivity contribution in [2.24, 2.45) is 5.92 Å². The predicted molar refractivity (Wildman–Crippen MR) is 57.6 cm³/mol. The maximum atomic E-state index is 11.1. The van der Waals surface area contributed by atoms with Gasteiger partial charge in [0.15, 0.2) is 0 Å². The van der Waals surface area contributed by atoms with Crippen molar-refractivity contribution in [1.82, 2.24) is 10.6 Å². The molecule has 0 heterocycles. The van der Waals surface area contributed by atoms with Crippen LogP contribution in [0.4, 0.5) is 0 Å². The Kier molecular flexibility index (Phi) is 6.58. The monoisotopic (exact) mass is 228 g/mol. The molecule has 0 atom stereocenters. The van der Waals surface area contributed by atoms with Gasteiger partial charge in [-0.1, -0.05) is 13.8 Å². The first-order valence-corrected chi connectivity index (χ1v) is 4.87. The van der Waals surface area contributed by atoms with Gasteiger partial charge in [-0.2, -0.15) is 0 Å². The molecule has 0 aromatic carbocycles. The predicted octanol–water partition coefficient (Wildman–Crippen LogP) is -0.484. The number of aliphatic carboxylic acids is 1. The van der Waals surface area contributed by atoms with Crippen molar-refractivity contribution in [2.75, 3.05) is 13.1 Å². The molecule has 0 rings (SSSR count). The maximum absolute atomic E-state index is 11.1. The van der Waals surface area contributed by atoms with E-state index in [1.807, 2.05) is 13.8 Å². The molecule has 0 saturated carbocycles. The Morgan fingerprint density at radius 3 is 2.31 bits per heavy atom. The Morgan fingerprint density at radius 2 is 1.81 bits per heavy atom. The fourth-order valence-electron chi connectivity index (χ4n) is 0.754. The lowest BCUT2D eigenvalue weighted by atomic mass is 10.2. The van der Waals surface area contributed by atoms with Gasteiger partial charge < -0.3 is 15.7 Å². The molecule has 16 heavy (non-hydrogen) atoms. The molecule has 0 aliphatic rings. The van der Waals surface area contributed by atoms with Gasteiger partial charge in [0.05, 0.1) is 6.54 Å². The van der Waals surface area contributed by atoms with Crippen molar-refractivity contribution in [3.8, 4) is 0 Å². The van der Waals surface area contributed by atoms with Crippen LogP contribution in [0.2, 0.25) is 0 Å². The molecule has 0 saturated heterocycles. The van der Waals surface area contributed by atoms with Crippen molar-refractivity contribution < 1.29 is 19.5 Å². The van der Waals surface area contributed by atoms with E-state index in [1.165, 1.54) is 0 Å². The zero-order valence-electron chi connectivity index (χ0n) is 9.32. The molecule has 6 nitrogen and oxygen atoms in total. The third-order valence-electron chi connectivity index (χ3n) is 1.51. The fourth-order valence-corrected chi connectivity index (χ4v) is 0.754. The highest BCUT2D eigenvalue weighted by Crippen LogP contribution is 1.86.